The fraction of sp³-hybridized carbons (Fsp3) is 0.200. The molecule has 1 amide bonds. The van der Waals surface area contributed by atoms with Gasteiger partial charge in [-0.2, -0.15) is 0 Å². The predicted octanol–water partition coefficient (Wildman–Crippen LogP) is 5.84. The maximum Gasteiger partial charge on any atom is 0.253 e. The van der Waals surface area contributed by atoms with Gasteiger partial charge in [0.05, 0.1) is 18.0 Å². The third kappa shape index (κ3) is 5.26. The quantitative estimate of drug-likeness (QED) is 0.338. The first-order valence-corrected chi connectivity index (χ1v) is 12.7. The van der Waals surface area contributed by atoms with Crippen LogP contribution in [0.25, 0.3) is 11.3 Å². The molecule has 3 N–H and O–H groups in total. The zero-order chi connectivity index (χ0) is 26.2. The fourth-order valence-electron chi connectivity index (χ4n) is 4.85. The summed E-state index contributed by atoms with van der Waals surface area (Å²) in [6.07, 6.45) is 2.55. The van der Waals surface area contributed by atoms with Crippen LogP contribution in [0.3, 0.4) is 0 Å². The molecule has 0 saturated carbocycles. The molecule has 7 nitrogen and oxygen atoms in total. The largest absolute Gasteiger partial charge is 0.337 e. The van der Waals surface area contributed by atoms with Gasteiger partial charge >= 0.3 is 0 Å². The molecule has 0 radical (unpaired) electrons. The molecular formula is C30H28ClFN6O. The topological polar surface area (TPSA) is 96.5 Å². The highest BCUT2D eigenvalue weighted by Gasteiger charge is 2.25. The zero-order valence-electron chi connectivity index (χ0n) is 20.4. The minimum absolute atomic E-state index is 0. The molecule has 0 spiro atoms. The summed E-state index contributed by atoms with van der Waals surface area (Å²) in [7, 11) is 0. The van der Waals surface area contributed by atoms with Crippen molar-refractivity contribution in [3.8, 4) is 11.3 Å². The van der Waals surface area contributed by atoms with Crippen LogP contribution in [0, 0.1) is 5.82 Å². The van der Waals surface area contributed by atoms with Crippen LogP contribution in [0.1, 0.15) is 40.9 Å². The van der Waals surface area contributed by atoms with E-state index in [1.807, 2.05) is 18.2 Å². The summed E-state index contributed by atoms with van der Waals surface area (Å²) < 4.78 is 14.7. The lowest BCUT2D eigenvalue weighted by atomic mass is 9.95. The van der Waals surface area contributed by atoms with Crippen LogP contribution in [0.5, 0.6) is 0 Å². The summed E-state index contributed by atoms with van der Waals surface area (Å²) in [6, 6.07) is 19.3. The molecule has 0 aliphatic carbocycles. The van der Waals surface area contributed by atoms with E-state index in [4.69, 9.17) is 27.3 Å². The number of benzene rings is 3. The van der Waals surface area contributed by atoms with Crippen molar-refractivity contribution in [1.29, 1.82) is 0 Å². The number of hydrogen-bond donors (Lipinski definition) is 2. The lowest BCUT2D eigenvalue weighted by Gasteiger charge is -2.16. The number of halogens is 2. The number of fused-ring (bicyclic) bond motifs is 3. The van der Waals surface area contributed by atoms with E-state index in [0.29, 0.717) is 58.7 Å². The van der Waals surface area contributed by atoms with Crippen LogP contribution < -0.4 is 11.1 Å². The summed E-state index contributed by atoms with van der Waals surface area (Å²) >= 11 is 6.34. The molecule has 2 aliphatic heterocycles. The predicted molar refractivity (Wildman–Crippen MR) is 153 cm³/mol. The summed E-state index contributed by atoms with van der Waals surface area (Å²) in [5.41, 5.74) is 11.2. The molecule has 0 bridgehead atoms. The first-order chi connectivity index (χ1) is 18.5. The molecule has 1 aromatic heterocycles. The SMILES string of the molecule is C.NC1CCN(C(=O)c2ccc(Nc3ncc4c(n3)-c3ccc(Cl)cc3C(c3ccccc3F)=NC4)cc2)C1. The van der Waals surface area contributed by atoms with E-state index >= 15 is 0 Å². The van der Waals surface area contributed by atoms with E-state index in [1.54, 1.807) is 53.6 Å². The molecule has 1 fully saturated rings. The van der Waals surface area contributed by atoms with E-state index in [9.17, 15) is 9.18 Å². The number of nitrogens with two attached hydrogens (primary N) is 1. The molecule has 1 unspecified atom stereocenters. The van der Waals surface area contributed by atoms with Crippen molar-refractivity contribution in [3.63, 3.8) is 0 Å². The highest BCUT2D eigenvalue weighted by Crippen LogP contribution is 2.34. The Morgan fingerprint density at radius 2 is 1.85 bits per heavy atom. The fourth-order valence-corrected chi connectivity index (χ4v) is 5.02. The van der Waals surface area contributed by atoms with Crippen molar-refractivity contribution >= 4 is 34.9 Å². The molecule has 39 heavy (non-hydrogen) atoms. The Hall–Kier alpha value is -4.14. The maximum absolute atomic E-state index is 14.7. The Morgan fingerprint density at radius 3 is 2.59 bits per heavy atom. The van der Waals surface area contributed by atoms with E-state index in [-0.39, 0.29) is 25.2 Å². The van der Waals surface area contributed by atoms with Crippen molar-refractivity contribution < 1.29 is 9.18 Å². The van der Waals surface area contributed by atoms with E-state index in [0.717, 1.165) is 23.2 Å². The standard InChI is InChI=1S/C29H24ClFN6O.CH4/c30-19-7-10-22-24(13-19)27(23-3-1-2-4-25(23)31)33-14-18-15-34-29(36-26(18)22)35-21-8-5-17(6-9-21)28(38)37-12-11-20(32)16-37;/h1-10,13,15,20H,11-12,14,16,32H2,(H,34,35,36);1H4. The lowest BCUT2D eigenvalue weighted by Crippen LogP contribution is -2.31. The van der Waals surface area contributed by atoms with Crippen LogP contribution in [-0.4, -0.2) is 45.6 Å². The Kier molecular flexibility index (Phi) is 7.41. The van der Waals surface area contributed by atoms with Gasteiger partial charge in [-0.3, -0.25) is 9.79 Å². The van der Waals surface area contributed by atoms with Gasteiger partial charge in [-0.1, -0.05) is 37.2 Å². The molecule has 1 saturated heterocycles. The lowest BCUT2D eigenvalue weighted by molar-refractivity contribution is 0.0791. The number of carbonyl (C=O) groups excluding carboxylic acids is 1. The minimum Gasteiger partial charge on any atom is -0.337 e. The Morgan fingerprint density at radius 1 is 1.05 bits per heavy atom. The highest BCUT2D eigenvalue weighted by atomic mass is 35.5. The van der Waals surface area contributed by atoms with Gasteiger partial charge in [-0.05, 0) is 55.0 Å². The molecule has 9 heteroatoms. The molecule has 4 aromatic rings. The second-order valence-corrected chi connectivity index (χ2v) is 9.84. The normalized spacial score (nSPS) is 15.9. The van der Waals surface area contributed by atoms with Gasteiger partial charge in [0.1, 0.15) is 5.82 Å². The molecule has 2 aliphatic rings. The monoisotopic (exact) mass is 542 g/mol. The van der Waals surface area contributed by atoms with E-state index in [2.05, 4.69) is 10.3 Å². The first kappa shape index (κ1) is 26.5. The Labute approximate surface area is 231 Å². The number of aliphatic imine (C=N–C) groups is 1. The Bertz CT molecular complexity index is 1570. The molecule has 3 heterocycles. The molecular weight excluding hydrogens is 515 g/mol. The second-order valence-electron chi connectivity index (χ2n) is 9.40. The molecule has 1 atom stereocenters. The second kappa shape index (κ2) is 10.9. The maximum atomic E-state index is 14.7. The van der Waals surface area contributed by atoms with Crippen LogP contribution >= 0.6 is 11.6 Å². The van der Waals surface area contributed by atoms with Gasteiger partial charge in [0, 0.05) is 63.9 Å². The van der Waals surface area contributed by atoms with E-state index < -0.39 is 0 Å². The number of carbonyl (C=O) groups is 1. The number of likely N-dealkylation sites (tertiary alicyclic amines) is 1. The van der Waals surface area contributed by atoms with Crippen molar-refractivity contribution in [3.05, 3.63) is 106 Å². The van der Waals surface area contributed by atoms with Gasteiger partial charge in [-0.15, -0.1) is 0 Å². The third-order valence-corrected chi connectivity index (χ3v) is 7.03. The summed E-state index contributed by atoms with van der Waals surface area (Å²) in [5, 5.41) is 3.74. The van der Waals surface area contributed by atoms with Gasteiger partial charge in [0.2, 0.25) is 5.95 Å². The number of nitrogens with zero attached hydrogens (tertiary/aromatic N) is 4. The van der Waals surface area contributed by atoms with Crippen molar-refractivity contribution in [1.82, 2.24) is 14.9 Å². The van der Waals surface area contributed by atoms with Crippen LogP contribution in [-0.2, 0) is 6.54 Å². The first-order valence-electron chi connectivity index (χ1n) is 12.3. The van der Waals surface area contributed by atoms with Crippen LogP contribution in [0.15, 0.2) is 77.9 Å². The van der Waals surface area contributed by atoms with Crippen molar-refractivity contribution in [2.24, 2.45) is 10.7 Å². The number of nitrogens with one attached hydrogen (secondary N) is 1. The zero-order valence-corrected chi connectivity index (χ0v) is 21.1. The van der Waals surface area contributed by atoms with Gasteiger partial charge in [0.15, 0.2) is 0 Å². The third-order valence-electron chi connectivity index (χ3n) is 6.79. The molecule has 3 aromatic carbocycles. The number of rotatable bonds is 4. The van der Waals surface area contributed by atoms with Crippen LogP contribution in [0.2, 0.25) is 5.02 Å². The molecule has 6 rings (SSSR count). The smallest absolute Gasteiger partial charge is 0.253 e. The van der Waals surface area contributed by atoms with Gasteiger partial charge in [0.25, 0.3) is 5.91 Å². The average Bonchev–Trinajstić information content (AvgIpc) is 3.30. The summed E-state index contributed by atoms with van der Waals surface area (Å²) in [4.78, 5) is 28.5. The van der Waals surface area contributed by atoms with Crippen molar-refractivity contribution in [2.45, 2.75) is 26.4 Å². The highest BCUT2D eigenvalue weighted by molar-refractivity contribution is 6.31. The number of anilines is 2. The number of aromatic nitrogens is 2. The minimum atomic E-state index is -0.355. The summed E-state index contributed by atoms with van der Waals surface area (Å²) in [5.74, 6) is 0.0152. The van der Waals surface area contributed by atoms with Crippen molar-refractivity contribution in [2.75, 3.05) is 18.4 Å². The van der Waals surface area contributed by atoms with E-state index in [1.165, 1.54) is 6.07 Å². The number of hydrogen-bond acceptors (Lipinski definition) is 6. The number of amides is 1. The van der Waals surface area contributed by atoms with Gasteiger partial charge < -0.3 is 16.0 Å². The average molecular weight is 543 g/mol. The van der Waals surface area contributed by atoms with Crippen LogP contribution in [0.4, 0.5) is 16.0 Å². The Balaban J connectivity index is 0.00000308. The van der Waals surface area contributed by atoms with Gasteiger partial charge in [-0.25, -0.2) is 14.4 Å². The molecule has 198 valence electrons. The summed E-state index contributed by atoms with van der Waals surface area (Å²) in [6.45, 7) is 1.55.